The van der Waals surface area contributed by atoms with Gasteiger partial charge in [-0.15, -0.1) is 0 Å². The number of hydrogen-bond acceptors (Lipinski definition) is 7. The van der Waals surface area contributed by atoms with Crippen LogP contribution >= 0.6 is 0 Å². The lowest BCUT2D eigenvalue weighted by Crippen LogP contribution is -2.47. The molecule has 218 valence electrons. The second-order valence-corrected chi connectivity index (χ2v) is 10.3. The second-order valence-electron chi connectivity index (χ2n) is 10.3. The van der Waals surface area contributed by atoms with Gasteiger partial charge in [0.1, 0.15) is 28.9 Å². The Hall–Kier alpha value is -4.23. The molecule has 2 N–H and O–H groups in total. The molecule has 0 saturated heterocycles. The molecule has 1 aliphatic heterocycles. The minimum atomic E-state index is -0.640. The molecule has 14 heteroatoms. The summed E-state index contributed by atoms with van der Waals surface area (Å²) >= 11 is 0. The fourth-order valence-electron chi connectivity index (χ4n) is 4.78. The minimum absolute atomic E-state index is 0.137. The maximum absolute atomic E-state index is 13.7. The number of aromatic nitrogens is 6. The molecule has 3 aromatic heterocycles. The number of hydrogen-bond donors (Lipinski definition) is 2. The third kappa shape index (κ3) is 6.85. The third-order valence-electron chi connectivity index (χ3n) is 6.95. The van der Waals surface area contributed by atoms with Crippen LogP contribution in [0.2, 0.25) is 0 Å². The first-order valence-electron chi connectivity index (χ1n) is 13.3. The summed E-state index contributed by atoms with van der Waals surface area (Å²) in [6, 6.07) is -1.01. The van der Waals surface area contributed by atoms with Crippen molar-refractivity contribution in [3.63, 3.8) is 0 Å². The van der Waals surface area contributed by atoms with E-state index in [0.717, 1.165) is 0 Å². The largest absolute Gasteiger partial charge is 0.483 e. The number of amides is 3. The fraction of sp³-hybridized carbons (Fsp3) is 0.577. The molecule has 0 saturated carbocycles. The van der Waals surface area contributed by atoms with E-state index in [1.54, 1.807) is 40.5 Å². The van der Waals surface area contributed by atoms with Crippen molar-refractivity contribution >= 4 is 29.8 Å². The van der Waals surface area contributed by atoms with Crippen LogP contribution in [0.25, 0.3) is 5.65 Å². The van der Waals surface area contributed by atoms with E-state index in [9.17, 15) is 14.4 Å². The highest BCUT2D eigenvalue weighted by Gasteiger charge is 2.29. The van der Waals surface area contributed by atoms with Gasteiger partial charge in [-0.05, 0) is 32.6 Å². The van der Waals surface area contributed by atoms with Crippen molar-refractivity contribution in [2.45, 2.75) is 65.6 Å². The molecular weight excluding hydrogens is 518 g/mol. The Kier molecular flexibility index (Phi) is 10.0. The van der Waals surface area contributed by atoms with Crippen LogP contribution in [0.1, 0.15) is 68.1 Å². The predicted molar refractivity (Wildman–Crippen MR) is 145 cm³/mol. The molecule has 40 heavy (non-hydrogen) atoms. The number of carboxylic acid groups (broad SMARTS) is 1. The summed E-state index contributed by atoms with van der Waals surface area (Å²) in [7, 11) is 3.52. The molecule has 0 aromatic carbocycles. The Balaban J connectivity index is 0.00000141. The fourth-order valence-corrected chi connectivity index (χ4v) is 4.78. The van der Waals surface area contributed by atoms with Gasteiger partial charge >= 0.3 is 0 Å². The molecule has 0 unspecified atom stereocenters. The van der Waals surface area contributed by atoms with Gasteiger partial charge in [0, 0.05) is 46.0 Å². The molecule has 0 spiro atoms. The topological polar surface area (TPSA) is 160 Å². The average molecular weight is 558 g/mol. The highest BCUT2D eigenvalue weighted by molar-refractivity contribution is 5.99. The quantitative estimate of drug-likeness (QED) is 0.455. The summed E-state index contributed by atoms with van der Waals surface area (Å²) in [4.78, 5) is 55.9. The average Bonchev–Trinajstić information content (AvgIpc) is 3.60. The highest BCUT2D eigenvalue weighted by Crippen LogP contribution is 2.22. The normalized spacial score (nSPS) is 19.1. The number of fused-ring (bicyclic) bond motifs is 2. The number of carbonyl (C=O) groups is 4. The van der Waals surface area contributed by atoms with Gasteiger partial charge in [0.15, 0.2) is 0 Å². The zero-order chi connectivity index (χ0) is 29.6. The van der Waals surface area contributed by atoms with Gasteiger partial charge in [-0.3, -0.25) is 19.2 Å². The number of nitrogens with one attached hydrogen (secondary N) is 1. The maximum atomic E-state index is 13.7. The Bertz CT molecular complexity index is 1340. The van der Waals surface area contributed by atoms with E-state index in [2.05, 4.69) is 34.3 Å². The number of nitrogens with zero attached hydrogens (tertiary/aromatic N) is 8. The second kappa shape index (κ2) is 13.2. The number of imidazole rings is 1. The van der Waals surface area contributed by atoms with E-state index in [-0.39, 0.29) is 42.6 Å². The molecule has 0 bridgehead atoms. The zero-order valence-electron chi connectivity index (χ0n) is 23.9. The minimum Gasteiger partial charge on any atom is -0.483 e. The van der Waals surface area contributed by atoms with Gasteiger partial charge in [-0.2, -0.15) is 10.2 Å². The van der Waals surface area contributed by atoms with Gasteiger partial charge in [-0.1, -0.05) is 13.8 Å². The Morgan fingerprint density at radius 2 is 1.90 bits per heavy atom. The van der Waals surface area contributed by atoms with Crippen LogP contribution in [0.4, 0.5) is 0 Å². The number of rotatable bonds is 3. The lowest BCUT2D eigenvalue weighted by Gasteiger charge is -2.29. The smallest absolute Gasteiger partial charge is 0.290 e. The van der Waals surface area contributed by atoms with Gasteiger partial charge in [0.25, 0.3) is 12.4 Å². The summed E-state index contributed by atoms with van der Waals surface area (Å²) in [5.41, 5.74) is 1.22. The molecule has 1 aliphatic rings. The molecule has 2 atom stereocenters. The first-order valence-corrected chi connectivity index (χ1v) is 13.3. The summed E-state index contributed by atoms with van der Waals surface area (Å²) < 4.78 is 5.34. The number of aryl methyl sites for hydroxylation is 2. The molecule has 0 aliphatic carbocycles. The summed E-state index contributed by atoms with van der Waals surface area (Å²) in [5.74, 6) is 1.03. The third-order valence-corrected chi connectivity index (χ3v) is 6.95. The Morgan fingerprint density at radius 3 is 2.58 bits per heavy atom. The first kappa shape index (κ1) is 30.3. The molecule has 3 aromatic rings. The lowest BCUT2D eigenvalue weighted by molar-refractivity contribution is -0.138. The molecular formula is C26H39N9O5. The maximum Gasteiger partial charge on any atom is 0.290 e. The summed E-state index contributed by atoms with van der Waals surface area (Å²) in [6.45, 7) is 8.63. The monoisotopic (exact) mass is 557 g/mol. The predicted octanol–water partition coefficient (Wildman–Crippen LogP) is 1.26. The standard InChI is InChI=1S/C25H37N9O3.CH2O2/c1-16(2)14-20-22-27-18(4)29-33(22)13-11-32(9-7-8-21(35)31(6)17(3)23(36)28-20)25(37)19-15-26-34-12-10-30(5)24(19)34;2-1-3/h10,12,15-17,20H,7-9,11,13-14H2,1-6H3,(H,28,36);1H,(H,2,3)/t17-,20+;/m0./s1. The molecule has 4 rings (SSSR count). The van der Waals surface area contributed by atoms with Crippen molar-refractivity contribution in [3.05, 3.63) is 35.8 Å². The number of likely N-dealkylation sites (N-methyl/N-ethyl adjacent to an activating group) is 1. The molecule has 4 heterocycles. The first-order chi connectivity index (χ1) is 19.0. The van der Waals surface area contributed by atoms with Crippen LogP contribution in [0.15, 0.2) is 18.6 Å². The van der Waals surface area contributed by atoms with E-state index in [1.165, 1.54) is 4.90 Å². The summed E-state index contributed by atoms with van der Waals surface area (Å²) in [5, 5.41) is 18.9. The van der Waals surface area contributed by atoms with E-state index >= 15 is 0 Å². The van der Waals surface area contributed by atoms with Gasteiger partial charge < -0.3 is 24.8 Å². The molecule has 14 nitrogen and oxygen atoms in total. The van der Waals surface area contributed by atoms with Gasteiger partial charge in [0.2, 0.25) is 11.8 Å². The van der Waals surface area contributed by atoms with E-state index in [0.29, 0.717) is 55.3 Å². The molecule has 3 amide bonds. The van der Waals surface area contributed by atoms with Crippen LogP contribution in [0, 0.1) is 12.8 Å². The van der Waals surface area contributed by atoms with Crippen molar-refractivity contribution in [1.29, 1.82) is 0 Å². The van der Waals surface area contributed by atoms with Crippen molar-refractivity contribution in [2.75, 3.05) is 20.1 Å². The van der Waals surface area contributed by atoms with Crippen LogP contribution < -0.4 is 5.32 Å². The lowest BCUT2D eigenvalue weighted by atomic mass is 10.0. The summed E-state index contributed by atoms with van der Waals surface area (Å²) in [6.07, 6.45) is 6.61. The van der Waals surface area contributed by atoms with E-state index < -0.39 is 6.04 Å². The Morgan fingerprint density at radius 1 is 1.20 bits per heavy atom. The van der Waals surface area contributed by atoms with Crippen LogP contribution in [0.5, 0.6) is 0 Å². The highest BCUT2D eigenvalue weighted by atomic mass is 16.3. The Labute approximate surface area is 232 Å². The molecule has 0 fully saturated rings. The van der Waals surface area contributed by atoms with Crippen LogP contribution in [0.3, 0.4) is 0 Å². The van der Waals surface area contributed by atoms with Gasteiger partial charge in [0.05, 0.1) is 18.8 Å². The van der Waals surface area contributed by atoms with E-state index in [4.69, 9.17) is 9.90 Å². The van der Waals surface area contributed by atoms with Crippen LogP contribution in [-0.4, -0.2) is 94.2 Å². The SMILES string of the molecule is Cc1nc2n(n1)CCN(C(=O)c1cnn3ccn(C)c13)CCCC(=O)N(C)[C@@H](C)C(=O)N[C@@H]2CC(C)C.O=CO. The van der Waals surface area contributed by atoms with Crippen molar-refractivity contribution < 1.29 is 24.3 Å². The van der Waals surface area contributed by atoms with Crippen molar-refractivity contribution in [2.24, 2.45) is 13.0 Å². The number of carbonyl (C=O) groups excluding carboxylic acids is 3. The van der Waals surface area contributed by atoms with Crippen molar-refractivity contribution in [1.82, 2.24) is 44.1 Å². The zero-order valence-corrected chi connectivity index (χ0v) is 23.9. The molecule has 0 radical (unpaired) electrons. The van der Waals surface area contributed by atoms with E-state index in [1.807, 2.05) is 24.7 Å². The van der Waals surface area contributed by atoms with Crippen LogP contribution in [-0.2, 0) is 28.0 Å². The van der Waals surface area contributed by atoms with Gasteiger partial charge in [-0.25, -0.2) is 14.2 Å². The van der Waals surface area contributed by atoms with Crippen molar-refractivity contribution in [3.8, 4) is 0 Å².